The zero-order chi connectivity index (χ0) is 22.1. The van der Waals surface area contributed by atoms with Gasteiger partial charge >= 0.3 is 0 Å². The summed E-state index contributed by atoms with van der Waals surface area (Å²) in [6.07, 6.45) is 1.66. The van der Waals surface area contributed by atoms with Gasteiger partial charge < -0.3 is 14.2 Å². The summed E-state index contributed by atoms with van der Waals surface area (Å²) in [4.78, 5) is 8.57. The van der Waals surface area contributed by atoms with Gasteiger partial charge in [0.25, 0.3) is 0 Å². The number of hydrogen-bond acceptors (Lipinski definition) is 7. The van der Waals surface area contributed by atoms with Crippen molar-refractivity contribution in [3.05, 3.63) is 71.3 Å². The maximum atomic E-state index is 12.9. The molecule has 2 aromatic carbocycles. The molecule has 3 aromatic rings. The van der Waals surface area contributed by atoms with Crippen LogP contribution in [0.2, 0.25) is 0 Å². The van der Waals surface area contributed by atoms with Gasteiger partial charge in [-0.1, -0.05) is 0 Å². The van der Waals surface area contributed by atoms with E-state index >= 15 is 0 Å². The van der Waals surface area contributed by atoms with Crippen molar-refractivity contribution >= 4 is 12.2 Å². The van der Waals surface area contributed by atoms with Gasteiger partial charge in [-0.05, 0) is 74.9 Å². The molecule has 31 heavy (non-hydrogen) atoms. The van der Waals surface area contributed by atoms with Crippen molar-refractivity contribution in [3.63, 3.8) is 0 Å². The molecular formula is C23H25FN4O3. The Labute approximate surface area is 180 Å². The van der Waals surface area contributed by atoms with E-state index in [2.05, 4.69) is 20.5 Å². The molecular weight excluding hydrogens is 399 g/mol. The van der Waals surface area contributed by atoms with Crippen molar-refractivity contribution in [2.75, 3.05) is 25.2 Å². The van der Waals surface area contributed by atoms with Gasteiger partial charge in [0.05, 0.1) is 12.8 Å². The first-order valence-corrected chi connectivity index (χ1v) is 9.93. The van der Waals surface area contributed by atoms with Crippen molar-refractivity contribution in [1.82, 2.24) is 9.97 Å². The van der Waals surface area contributed by atoms with Gasteiger partial charge in [0.15, 0.2) is 11.5 Å². The molecule has 1 heterocycles. The molecule has 0 amide bonds. The highest BCUT2D eigenvalue weighted by Gasteiger charge is 2.06. The molecule has 0 saturated carbocycles. The second kappa shape index (κ2) is 10.9. The lowest BCUT2D eigenvalue weighted by Gasteiger charge is -2.13. The van der Waals surface area contributed by atoms with Crippen LogP contribution in [0.3, 0.4) is 0 Å². The molecule has 0 bridgehead atoms. The molecule has 0 unspecified atom stereocenters. The Kier molecular flexibility index (Phi) is 7.75. The number of aromatic nitrogens is 2. The van der Waals surface area contributed by atoms with Crippen LogP contribution in [-0.2, 0) is 0 Å². The third kappa shape index (κ3) is 6.95. The number of rotatable bonds is 10. The predicted octanol–water partition coefficient (Wildman–Crippen LogP) is 4.54. The van der Waals surface area contributed by atoms with E-state index in [1.165, 1.54) is 12.1 Å². The Morgan fingerprint density at radius 3 is 2.32 bits per heavy atom. The maximum absolute atomic E-state index is 12.9. The normalized spacial score (nSPS) is 10.8. The van der Waals surface area contributed by atoms with Gasteiger partial charge in [-0.3, -0.25) is 0 Å². The van der Waals surface area contributed by atoms with Gasteiger partial charge in [-0.2, -0.15) is 5.10 Å². The molecule has 0 radical (unpaired) electrons. The Bertz CT molecular complexity index is 1010. The van der Waals surface area contributed by atoms with Gasteiger partial charge in [-0.25, -0.2) is 19.8 Å². The average molecular weight is 424 g/mol. The van der Waals surface area contributed by atoms with E-state index in [1.54, 1.807) is 18.3 Å². The first-order valence-electron chi connectivity index (χ1n) is 9.93. The van der Waals surface area contributed by atoms with Crippen molar-refractivity contribution in [3.8, 4) is 17.2 Å². The smallest absolute Gasteiger partial charge is 0.243 e. The van der Waals surface area contributed by atoms with E-state index in [0.29, 0.717) is 43.0 Å². The van der Waals surface area contributed by atoms with Crippen LogP contribution in [0.1, 0.15) is 23.9 Å². The van der Waals surface area contributed by atoms with Crippen LogP contribution < -0.4 is 19.6 Å². The molecule has 1 aromatic heterocycles. The van der Waals surface area contributed by atoms with E-state index < -0.39 is 0 Å². The van der Waals surface area contributed by atoms with Gasteiger partial charge in [-0.15, -0.1) is 0 Å². The van der Waals surface area contributed by atoms with Crippen molar-refractivity contribution in [1.29, 1.82) is 0 Å². The first-order chi connectivity index (χ1) is 15.0. The van der Waals surface area contributed by atoms with Crippen LogP contribution in [0.25, 0.3) is 0 Å². The Morgan fingerprint density at radius 1 is 0.903 bits per heavy atom. The molecule has 1 N–H and O–H groups in total. The summed E-state index contributed by atoms with van der Waals surface area (Å²) in [5, 5.41) is 4.20. The van der Waals surface area contributed by atoms with Crippen molar-refractivity contribution in [2.24, 2.45) is 5.10 Å². The molecule has 8 heteroatoms. The minimum Gasteiger partial charge on any atom is -0.490 e. The fraction of sp³-hybridized carbons (Fsp3) is 0.261. The number of nitrogens with zero attached hydrogens (tertiary/aromatic N) is 3. The molecule has 7 nitrogen and oxygen atoms in total. The minimum absolute atomic E-state index is 0.301. The fourth-order valence-corrected chi connectivity index (χ4v) is 2.77. The summed E-state index contributed by atoms with van der Waals surface area (Å²) in [7, 11) is 0. The predicted molar refractivity (Wildman–Crippen MR) is 118 cm³/mol. The number of ether oxygens (including phenoxy) is 3. The molecule has 162 valence electrons. The summed E-state index contributed by atoms with van der Waals surface area (Å²) in [5.41, 5.74) is 5.40. The van der Waals surface area contributed by atoms with E-state index in [-0.39, 0.29) is 5.82 Å². The highest BCUT2D eigenvalue weighted by atomic mass is 19.1. The van der Waals surface area contributed by atoms with Crippen LogP contribution in [0.4, 0.5) is 10.3 Å². The molecule has 3 rings (SSSR count). The number of hydrazone groups is 1. The summed E-state index contributed by atoms with van der Waals surface area (Å²) in [6.45, 7) is 6.85. The quantitative estimate of drug-likeness (QED) is 0.293. The third-order valence-corrected chi connectivity index (χ3v) is 4.05. The lowest BCUT2D eigenvalue weighted by atomic mass is 10.2. The highest BCUT2D eigenvalue weighted by Crippen LogP contribution is 2.28. The largest absolute Gasteiger partial charge is 0.490 e. The Balaban J connectivity index is 1.57. The standard InChI is InChI=1S/C23H25FN4O3/c1-4-29-22-14-18(15-25-28-23-26-16(2)13-17(3)27-23)5-10-21(22)31-12-11-30-20-8-6-19(24)7-9-20/h5-10,13-15H,4,11-12H2,1-3H3,(H,26,27,28)/b25-15-. The van der Waals surface area contributed by atoms with Crippen molar-refractivity contribution in [2.45, 2.75) is 20.8 Å². The highest BCUT2D eigenvalue weighted by molar-refractivity contribution is 5.81. The molecule has 0 atom stereocenters. The summed E-state index contributed by atoms with van der Waals surface area (Å²) in [6, 6.07) is 13.3. The zero-order valence-corrected chi connectivity index (χ0v) is 17.8. The second-order valence-electron chi connectivity index (χ2n) is 6.63. The number of benzene rings is 2. The van der Waals surface area contributed by atoms with E-state index in [4.69, 9.17) is 14.2 Å². The average Bonchev–Trinajstić information content (AvgIpc) is 2.73. The number of aryl methyl sites for hydroxylation is 2. The maximum Gasteiger partial charge on any atom is 0.243 e. The SMILES string of the molecule is CCOc1cc(/C=N\Nc2nc(C)cc(C)n2)ccc1OCCOc1ccc(F)cc1. The number of anilines is 1. The van der Waals surface area contributed by atoms with Crippen LogP contribution >= 0.6 is 0 Å². The molecule has 0 aliphatic rings. The summed E-state index contributed by atoms with van der Waals surface area (Å²) >= 11 is 0. The van der Waals surface area contributed by atoms with Gasteiger partial charge in [0.2, 0.25) is 5.95 Å². The Morgan fingerprint density at radius 2 is 1.61 bits per heavy atom. The second-order valence-corrected chi connectivity index (χ2v) is 6.63. The lowest BCUT2D eigenvalue weighted by molar-refractivity contribution is 0.208. The number of hydrogen-bond donors (Lipinski definition) is 1. The van der Waals surface area contributed by atoms with Crippen LogP contribution in [0.5, 0.6) is 17.2 Å². The van der Waals surface area contributed by atoms with E-state index in [9.17, 15) is 4.39 Å². The van der Waals surface area contributed by atoms with Crippen LogP contribution in [0.15, 0.2) is 53.6 Å². The molecule has 0 saturated heterocycles. The summed E-state index contributed by atoms with van der Waals surface area (Å²) < 4.78 is 29.9. The minimum atomic E-state index is -0.301. The van der Waals surface area contributed by atoms with Crippen LogP contribution in [-0.4, -0.2) is 36.0 Å². The molecule has 0 aliphatic heterocycles. The molecule has 0 fully saturated rings. The monoisotopic (exact) mass is 424 g/mol. The molecule has 0 spiro atoms. The summed E-state index contributed by atoms with van der Waals surface area (Å²) in [5.74, 6) is 1.94. The van der Waals surface area contributed by atoms with Crippen molar-refractivity contribution < 1.29 is 18.6 Å². The number of halogens is 1. The zero-order valence-electron chi connectivity index (χ0n) is 17.8. The van der Waals surface area contributed by atoms with Gasteiger partial charge in [0.1, 0.15) is 24.8 Å². The third-order valence-electron chi connectivity index (χ3n) is 4.05. The van der Waals surface area contributed by atoms with E-state index in [0.717, 1.165) is 17.0 Å². The molecule has 0 aliphatic carbocycles. The van der Waals surface area contributed by atoms with Crippen LogP contribution in [0, 0.1) is 19.7 Å². The van der Waals surface area contributed by atoms with Gasteiger partial charge in [0, 0.05) is 11.4 Å². The van der Waals surface area contributed by atoms with E-state index in [1.807, 2.05) is 45.0 Å². The Hall–Kier alpha value is -3.68. The number of nitrogens with one attached hydrogen (secondary N) is 1. The lowest BCUT2D eigenvalue weighted by Crippen LogP contribution is -2.10. The topological polar surface area (TPSA) is 77.9 Å². The fourth-order valence-electron chi connectivity index (χ4n) is 2.77. The first kappa shape index (κ1) is 22.0.